The van der Waals surface area contributed by atoms with E-state index < -0.39 is 35.9 Å². The van der Waals surface area contributed by atoms with Gasteiger partial charge < -0.3 is 39.8 Å². The summed E-state index contributed by atoms with van der Waals surface area (Å²) >= 11 is 0. The Hall–Kier alpha value is -7.15. The molecule has 0 fully saturated rings. The lowest BCUT2D eigenvalue weighted by atomic mass is 9.98. The van der Waals surface area contributed by atoms with Crippen molar-refractivity contribution in [2.45, 2.75) is 103 Å². The SMILES string of the molecule is COC(=O)[C@H](CCCCNC(=O)OC(C)(C)C)N(CCCNC(=O)OCC1c2ccccc2-c2ccccc21)C(=O)CCc1ccc(-c2ccc(CCCCNC(=O)OCc3ccccc3)cc2)cc1. The fraction of sp³-hybridized carbons (Fsp3) is 0.386. The normalized spacial score (nSPS) is 12.2. The van der Waals surface area contributed by atoms with Gasteiger partial charge in [-0.1, -0.05) is 127 Å². The van der Waals surface area contributed by atoms with Gasteiger partial charge in [0.25, 0.3) is 0 Å². The fourth-order valence-electron chi connectivity index (χ4n) is 8.59. The highest BCUT2D eigenvalue weighted by atomic mass is 16.6. The van der Waals surface area contributed by atoms with Crippen LogP contribution in [-0.4, -0.2) is 86.6 Å². The minimum Gasteiger partial charge on any atom is -0.467 e. The van der Waals surface area contributed by atoms with Crippen LogP contribution in [0.2, 0.25) is 0 Å². The number of unbranched alkanes of at least 4 members (excludes halogenated alkanes) is 2. The van der Waals surface area contributed by atoms with Crippen molar-refractivity contribution >= 4 is 30.2 Å². The van der Waals surface area contributed by atoms with E-state index in [9.17, 15) is 24.0 Å². The molecule has 0 aromatic heterocycles. The number of carbonyl (C=O) groups is 5. The number of nitrogens with zero attached hydrogens (tertiary/aromatic N) is 1. The van der Waals surface area contributed by atoms with Crippen LogP contribution in [0.5, 0.6) is 0 Å². The van der Waals surface area contributed by atoms with Crippen LogP contribution in [0.3, 0.4) is 0 Å². The maximum Gasteiger partial charge on any atom is 0.407 e. The van der Waals surface area contributed by atoms with E-state index in [1.54, 1.807) is 25.7 Å². The fourth-order valence-corrected chi connectivity index (χ4v) is 8.59. The predicted octanol–water partition coefficient (Wildman–Crippen LogP) is 10.5. The van der Waals surface area contributed by atoms with Crippen LogP contribution in [0.4, 0.5) is 14.4 Å². The number of rotatable bonds is 24. The standard InChI is InChI=1S/C57H68N4O9/c1-57(2,3)70-56(66)60-36-15-13-24-51(53(63)67-4)61(38-16-37-59-55(65)69-40-50-48-22-10-8-20-46(48)47-21-9-11-23-49(47)50)52(62)34-29-42-27-32-45(33-28-42)44-30-25-41(26-31-44)17-12-14-35-58-54(64)68-39-43-18-6-5-7-19-43/h5-11,18-23,25-28,30-33,50-51H,12-17,24,29,34-40H2,1-4H3,(H,58,64)(H,59,65)(H,60,66)/t51-/m0/s1. The van der Waals surface area contributed by atoms with Crippen molar-refractivity contribution in [2.75, 3.05) is 39.9 Å². The maximum absolute atomic E-state index is 14.1. The van der Waals surface area contributed by atoms with E-state index in [1.807, 2.05) is 78.9 Å². The number of fused-ring (bicyclic) bond motifs is 3. The van der Waals surface area contributed by atoms with Crippen molar-refractivity contribution in [2.24, 2.45) is 0 Å². The molecule has 0 bridgehead atoms. The summed E-state index contributed by atoms with van der Waals surface area (Å²) in [5.74, 6) is -0.805. The van der Waals surface area contributed by atoms with Crippen LogP contribution in [0, 0.1) is 0 Å². The number of alkyl carbamates (subject to hydrolysis) is 3. The highest BCUT2D eigenvalue weighted by molar-refractivity contribution is 5.85. The number of hydrogen-bond acceptors (Lipinski definition) is 9. The van der Waals surface area contributed by atoms with Crippen molar-refractivity contribution in [1.29, 1.82) is 0 Å². The summed E-state index contributed by atoms with van der Waals surface area (Å²) in [6.45, 7) is 7.13. The summed E-state index contributed by atoms with van der Waals surface area (Å²) in [5, 5.41) is 8.41. The molecule has 6 rings (SSSR count). The second kappa shape index (κ2) is 26.6. The number of amides is 4. The van der Waals surface area contributed by atoms with Gasteiger partial charge in [0.05, 0.1) is 7.11 Å². The molecule has 5 aromatic rings. The van der Waals surface area contributed by atoms with Gasteiger partial charge in [-0.2, -0.15) is 0 Å². The van der Waals surface area contributed by atoms with Crippen LogP contribution in [0.1, 0.15) is 99.5 Å². The maximum atomic E-state index is 14.1. The third kappa shape index (κ3) is 16.2. The summed E-state index contributed by atoms with van der Waals surface area (Å²) in [6.07, 6.45) is 3.58. The Morgan fingerprint density at radius 1 is 0.571 bits per heavy atom. The summed E-state index contributed by atoms with van der Waals surface area (Å²) in [4.78, 5) is 66.2. The number of esters is 1. The van der Waals surface area contributed by atoms with Gasteiger partial charge in [0, 0.05) is 38.5 Å². The van der Waals surface area contributed by atoms with Crippen LogP contribution in [-0.2, 0) is 48.0 Å². The van der Waals surface area contributed by atoms with Crippen molar-refractivity contribution < 1.29 is 42.9 Å². The summed E-state index contributed by atoms with van der Waals surface area (Å²) in [5.41, 5.74) is 9.18. The van der Waals surface area contributed by atoms with E-state index >= 15 is 0 Å². The Balaban J connectivity index is 0.984. The van der Waals surface area contributed by atoms with E-state index in [0.717, 1.165) is 63.8 Å². The minimum atomic E-state index is -0.857. The zero-order chi connectivity index (χ0) is 49.7. The highest BCUT2D eigenvalue weighted by Gasteiger charge is 2.31. The van der Waals surface area contributed by atoms with E-state index in [1.165, 1.54) is 12.7 Å². The molecule has 370 valence electrons. The second-order valence-corrected chi connectivity index (χ2v) is 18.5. The molecule has 70 heavy (non-hydrogen) atoms. The number of ether oxygens (including phenoxy) is 4. The first-order valence-electron chi connectivity index (χ1n) is 24.4. The molecule has 13 heteroatoms. The molecule has 4 amide bonds. The monoisotopic (exact) mass is 952 g/mol. The Morgan fingerprint density at radius 2 is 1.10 bits per heavy atom. The number of aryl methyl sites for hydroxylation is 2. The lowest BCUT2D eigenvalue weighted by Crippen LogP contribution is -2.47. The highest BCUT2D eigenvalue weighted by Crippen LogP contribution is 2.44. The molecule has 5 aromatic carbocycles. The second-order valence-electron chi connectivity index (χ2n) is 18.5. The van der Waals surface area contributed by atoms with Gasteiger partial charge in [-0.25, -0.2) is 19.2 Å². The minimum absolute atomic E-state index is 0.0724. The molecule has 1 atom stereocenters. The lowest BCUT2D eigenvalue weighted by Gasteiger charge is -2.30. The molecule has 0 saturated heterocycles. The molecule has 1 aliphatic rings. The molecule has 1 aliphatic carbocycles. The smallest absolute Gasteiger partial charge is 0.407 e. The lowest BCUT2D eigenvalue weighted by molar-refractivity contribution is -0.153. The molecule has 0 spiro atoms. The van der Waals surface area contributed by atoms with Crippen LogP contribution in [0.15, 0.2) is 127 Å². The average molecular weight is 953 g/mol. The molecular formula is C57H68N4O9. The first-order valence-corrected chi connectivity index (χ1v) is 24.4. The number of carbonyl (C=O) groups excluding carboxylic acids is 5. The Bertz CT molecular complexity index is 2430. The summed E-state index contributed by atoms with van der Waals surface area (Å²) < 4.78 is 21.6. The topological polar surface area (TPSA) is 162 Å². The first-order chi connectivity index (χ1) is 33.9. The molecule has 0 aliphatic heterocycles. The van der Waals surface area contributed by atoms with Gasteiger partial charge in [-0.15, -0.1) is 0 Å². The summed E-state index contributed by atoms with van der Waals surface area (Å²) in [7, 11) is 1.31. The third-order valence-electron chi connectivity index (χ3n) is 12.2. The quantitative estimate of drug-likeness (QED) is 0.0311. The molecule has 3 N–H and O–H groups in total. The van der Waals surface area contributed by atoms with Crippen molar-refractivity contribution in [3.63, 3.8) is 0 Å². The summed E-state index contributed by atoms with van der Waals surface area (Å²) in [6, 6.07) is 41.6. The Kier molecular flexibility index (Phi) is 19.8. The number of benzene rings is 5. The van der Waals surface area contributed by atoms with Gasteiger partial charge in [0.2, 0.25) is 5.91 Å². The largest absolute Gasteiger partial charge is 0.467 e. The molecule has 0 saturated carbocycles. The van der Waals surface area contributed by atoms with Gasteiger partial charge >= 0.3 is 24.2 Å². The molecule has 0 heterocycles. The number of methoxy groups -OCH3 is 1. The average Bonchev–Trinajstić information content (AvgIpc) is 3.68. The first kappa shape index (κ1) is 52.2. The van der Waals surface area contributed by atoms with E-state index in [4.69, 9.17) is 18.9 Å². The van der Waals surface area contributed by atoms with Gasteiger partial charge in [-0.05, 0) is 122 Å². The van der Waals surface area contributed by atoms with Crippen molar-refractivity contribution in [3.8, 4) is 22.3 Å². The zero-order valence-corrected chi connectivity index (χ0v) is 41.0. The van der Waals surface area contributed by atoms with Crippen LogP contribution >= 0.6 is 0 Å². The van der Waals surface area contributed by atoms with Crippen LogP contribution < -0.4 is 16.0 Å². The van der Waals surface area contributed by atoms with Crippen molar-refractivity contribution in [3.05, 3.63) is 155 Å². The van der Waals surface area contributed by atoms with E-state index in [-0.39, 0.29) is 44.5 Å². The molecule has 0 unspecified atom stereocenters. The molecule has 13 nitrogen and oxygen atoms in total. The van der Waals surface area contributed by atoms with Crippen molar-refractivity contribution in [1.82, 2.24) is 20.9 Å². The zero-order valence-electron chi connectivity index (χ0n) is 41.0. The van der Waals surface area contributed by atoms with Crippen LogP contribution in [0.25, 0.3) is 22.3 Å². The van der Waals surface area contributed by atoms with Gasteiger partial charge in [0.15, 0.2) is 0 Å². The third-order valence-corrected chi connectivity index (χ3v) is 12.2. The molecular weight excluding hydrogens is 885 g/mol. The van der Waals surface area contributed by atoms with Gasteiger partial charge in [-0.3, -0.25) is 4.79 Å². The Morgan fingerprint density at radius 3 is 1.70 bits per heavy atom. The van der Waals surface area contributed by atoms with E-state index in [2.05, 4.69) is 64.5 Å². The number of nitrogens with one attached hydrogen (secondary N) is 3. The van der Waals surface area contributed by atoms with Gasteiger partial charge in [0.1, 0.15) is 24.9 Å². The predicted molar refractivity (Wildman–Crippen MR) is 271 cm³/mol. The number of hydrogen-bond donors (Lipinski definition) is 3. The molecule has 0 radical (unpaired) electrons. The Labute approximate surface area is 412 Å². The van der Waals surface area contributed by atoms with E-state index in [0.29, 0.717) is 45.2 Å².